The highest BCUT2D eigenvalue weighted by Crippen LogP contribution is 1.85. The Labute approximate surface area is 43.9 Å². The van der Waals surface area contributed by atoms with Crippen LogP contribution in [0, 0.1) is 0 Å². The van der Waals surface area contributed by atoms with Crippen LogP contribution in [0.1, 0.15) is 0 Å². The minimum atomic E-state index is 0.509. The topological polar surface area (TPSA) is 29.3 Å². The fourth-order valence-electron chi connectivity index (χ4n) is 0.117. The number of nitrogens with zero attached hydrogens (tertiary/aromatic N) is 1. The zero-order valence-electron chi connectivity index (χ0n) is 4.52. The summed E-state index contributed by atoms with van der Waals surface area (Å²) in [6, 6.07) is 0. The second kappa shape index (κ2) is 2.29. The first-order valence-corrected chi connectivity index (χ1v) is 1.98. The molecule has 0 fully saturated rings. The maximum absolute atomic E-state index is 5.21. The van der Waals surface area contributed by atoms with Crippen LogP contribution in [0.2, 0.25) is 0 Å². The minimum absolute atomic E-state index is 0.509. The second-order valence-electron chi connectivity index (χ2n) is 1.28. The summed E-state index contributed by atoms with van der Waals surface area (Å²) in [5, 5.41) is 0. The van der Waals surface area contributed by atoms with Crippen molar-refractivity contribution in [2.24, 2.45) is 5.73 Å². The van der Waals surface area contributed by atoms with Gasteiger partial charge in [0.2, 0.25) is 0 Å². The van der Waals surface area contributed by atoms with Gasteiger partial charge < -0.3 is 10.6 Å². The van der Waals surface area contributed by atoms with Gasteiger partial charge in [0.05, 0.1) is 5.82 Å². The molecule has 0 atom stereocenters. The fourth-order valence-corrected chi connectivity index (χ4v) is 0.117. The summed E-state index contributed by atoms with van der Waals surface area (Å²) in [6.45, 7) is 6.93. The van der Waals surface area contributed by atoms with Gasteiger partial charge in [0.15, 0.2) is 0 Å². The second-order valence-corrected chi connectivity index (χ2v) is 1.28. The van der Waals surface area contributed by atoms with Gasteiger partial charge in [-0.3, -0.25) is 0 Å². The number of hydrogen-bond donors (Lipinski definition) is 1. The predicted molar refractivity (Wildman–Crippen MR) is 31.3 cm³/mol. The number of hydrogen-bond acceptors (Lipinski definition) is 2. The summed E-state index contributed by atoms with van der Waals surface area (Å²) in [6.07, 6.45) is 1.60. The maximum atomic E-state index is 5.21. The molecule has 0 aromatic heterocycles. The SMILES string of the molecule is C=CN(C)C(=C)N. The van der Waals surface area contributed by atoms with E-state index in [2.05, 4.69) is 13.2 Å². The lowest BCUT2D eigenvalue weighted by Crippen LogP contribution is -2.15. The van der Waals surface area contributed by atoms with Crippen LogP contribution in [-0.4, -0.2) is 11.9 Å². The molecule has 0 bridgehead atoms. The molecule has 0 saturated heterocycles. The largest absolute Gasteiger partial charge is 0.386 e. The highest BCUT2D eigenvalue weighted by Gasteiger charge is 1.83. The van der Waals surface area contributed by atoms with Crippen LogP contribution >= 0.6 is 0 Å². The van der Waals surface area contributed by atoms with Crippen molar-refractivity contribution in [2.45, 2.75) is 0 Å². The molecule has 0 radical (unpaired) electrons. The van der Waals surface area contributed by atoms with E-state index in [1.807, 2.05) is 0 Å². The number of rotatable bonds is 2. The van der Waals surface area contributed by atoms with Crippen LogP contribution in [0.15, 0.2) is 25.2 Å². The standard InChI is InChI=1S/C5H10N2/c1-4-7(3)5(2)6/h4H,1-2,6H2,3H3. The van der Waals surface area contributed by atoms with E-state index in [4.69, 9.17) is 5.73 Å². The summed E-state index contributed by atoms with van der Waals surface area (Å²) in [5.74, 6) is 0.509. The minimum Gasteiger partial charge on any atom is -0.386 e. The van der Waals surface area contributed by atoms with Crippen molar-refractivity contribution in [2.75, 3.05) is 7.05 Å². The van der Waals surface area contributed by atoms with E-state index in [1.54, 1.807) is 18.1 Å². The fraction of sp³-hybridized carbons (Fsp3) is 0.200. The van der Waals surface area contributed by atoms with Crippen molar-refractivity contribution in [3.8, 4) is 0 Å². The van der Waals surface area contributed by atoms with Crippen LogP contribution < -0.4 is 5.73 Å². The molecule has 0 rings (SSSR count). The maximum Gasteiger partial charge on any atom is 0.0949 e. The van der Waals surface area contributed by atoms with Gasteiger partial charge in [-0.05, 0) is 6.20 Å². The van der Waals surface area contributed by atoms with Crippen molar-refractivity contribution in [3.63, 3.8) is 0 Å². The van der Waals surface area contributed by atoms with Crippen LogP contribution in [0.3, 0.4) is 0 Å². The molecule has 0 aromatic rings. The molecule has 0 aromatic carbocycles. The lowest BCUT2D eigenvalue weighted by molar-refractivity contribution is 0.566. The molecule has 40 valence electrons. The summed E-state index contributed by atoms with van der Waals surface area (Å²) in [5.41, 5.74) is 5.21. The highest BCUT2D eigenvalue weighted by atomic mass is 15.1. The van der Waals surface area contributed by atoms with Crippen molar-refractivity contribution >= 4 is 0 Å². The lowest BCUT2D eigenvalue weighted by atomic mass is 10.7. The Morgan fingerprint density at radius 1 is 1.86 bits per heavy atom. The normalized spacial score (nSPS) is 7.57. The molecule has 0 unspecified atom stereocenters. The molecule has 0 aliphatic carbocycles. The molecular formula is C5H10N2. The first kappa shape index (κ1) is 6.08. The van der Waals surface area contributed by atoms with Gasteiger partial charge in [-0.15, -0.1) is 0 Å². The van der Waals surface area contributed by atoms with Gasteiger partial charge in [-0.1, -0.05) is 13.2 Å². The zero-order chi connectivity index (χ0) is 5.86. The van der Waals surface area contributed by atoms with E-state index in [0.717, 1.165) is 0 Å². The molecular weight excluding hydrogens is 88.1 g/mol. The smallest absolute Gasteiger partial charge is 0.0949 e. The van der Waals surface area contributed by atoms with Gasteiger partial charge in [-0.25, -0.2) is 0 Å². The summed E-state index contributed by atoms with van der Waals surface area (Å²) in [4.78, 5) is 1.64. The average molecular weight is 98.1 g/mol. The summed E-state index contributed by atoms with van der Waals surface area (Å²) >= 11 is 0. The monoisotopic (exact) mass is 98.1 g/mol. The van der Waals surface area contributed by atoms with E-state index in [1.165, 1.54) is 0 Å². The molecule has 2 N–H and O–H groups in total. The molecule has 0 amide bonds. The summed E-state index contributed by atoms with van der Waals surface area (Å²) in [7, 11) is 1.79. The Bertz CT molecular complexity index is 86.1. The Morgan fingerprint density at radius 3 is 2.29 bits per heavy atom. The Hall–Kier alpha value is -0.920. The van der Waals surface area contributed by atoms with Crippen molar-refractivity contribution in [3.05, 3.63) is 25.2 Å². The molecule has 2 heteroatoms. The van der Waals surface area contributed by atoms with Crippen molar-refractivity contribution in [1.29, 1.82) is 0 Å². The van der Waals surface area contributed by atoms with E-state index >= 15 is 0 Å². The van der Waals surface area contributed by atoms with Crippen LogP contribution in [0.4, 0.5) is 0 Å². The summed E-state index contributed by atoms with van der Waals surface area (Å²) < 4.78 is 0. The molecule has 0 aliphatic rings. The first-order valence-electron chi connectivity index (χ1n) is 1.98. The Balaban J connectivity index is 3.55. The predicted octanol–water partition coefficient (Wildman–Crippen LogP) is 0.492. The average Bonchev–Trinajstić information content (AvgIpc) is 1.65. The van der Waals surface area contributed by atoms with Gasteiger partial charge in [0.1, 0.15) is 0 Å². The zero-order valence-corrected chi connectivity index (χ0v) is 4.52. The molecule has 7 heavy (non-hydrogen) atoms. The van der Waals surface area contributed by atoms with Gasteiger partial charge in [-0.2, -0.15) is 0 Å². The third kappa shape index (κ3) is 1.87. The molecule has 0 heterocycles. The van der Waals surface area contributed by atoms with E-state index in [9.17, 15) is 0 Å². The van der Waals surface area contributed by atoms with E-state index in [0.29, 0.717) is 5.82 Å². The van der Waals surface area contributed by atoms with Gasteiger partial charge >= 0.3 is 0 Å². The quantitative estimate of drug-likeness (QED) is 0.544. The Morgan fingerprint density at radius 2 is 2.29 bits per heavy atom. The molecule has 0 aliphatic heterocycles. The van der Waals surface area contributed by atoms with Crippen molar-refractivity contribution in [1.82, 2.24) is 4.90 Å². The Kier molecular flexibility index (Phi) is 1.99. The first-order chi connectivity index (χ1) is 3.18. The van der Waals surface area contributed by atoms with Crippen LogP contribution in [-0.2, 0) is 0 Å². The molecule has 0 spiro atoms. The van der Waals surface area contributed by atoms with Crippen LogP contribution in [0.5, 0.6) is 0 Å². The molecule has 2 nitrogen and oxygen atoms in total. The molecule has 0 saturated carbocycles. The van der Waals surface area contributed by atoms with Crippen molar-refractivity contribution < 1.29 is 0 Å². The van der Waals surface area contributed by atoms with Gasteiger partial charge in [0, 0.05) is 7.05 Å². The third-order valence-electron chi connectivity index (χ3n) is 0.727. The van der Waals surface area contributed by atoms with E-state index in [-0.39, 0.29) is 0 Å². The van der Waals surface area contributed by atoms with Gasteiger partial charge in [0.25, 0.3) is 0 Å². The highest BCUT2D eigenvalue weighted by molar-refractivity contribution is 4.89. The third-order valence-corrected chi connectivity index (χ3v) is 0.727. The van der Waals surface area contributed by atoms with E-state index < -0.39 is 0 Å². The van der Waals surface area contributed by atoms with Crippen LogP contribution in [0.25, 0.3) is 0 Å². The number of nitrogens with two attached hydrogens (primary N) is 1. The lowest BCUT2D eigenvalue weighted by Gasteiger charge is -2.09.